The van der Waals surface area contributed by atoms with Crippen molar-refractivity contribution in [2.24, 2.45) is 0 Å². The second-order valence-corrected chi connectivity index (χ2v) is 9.44. The third kappa shape index (κ3) is 6.59. The van der Waals surface area contributed by atoms with Crippen LogP contribution >= 0.6 is 0 Å². The zero-order chi connectivity index (χ0) is 23.1. The van der Waals surface area contributed by atoms with Crippen molar-refractivity contribution in [2.75, 3.05) is 16.6 Å². The molecule has 3 aromatic rings. The number of sulfonamides is 1. The molecule has 0 aliphatic rings. The van der Waals surface area contributed by atoms with E-state index in [9.17, 15) is 13.2 Å². The Labute approximate surface area is 189 Å². The Kier molecular flexibility index (Phi) is 7.53. The Morgan fingerprint density at radius 1 is 0.875 bits per heavy atom. The summed E-state index contributed by atoms with van der Waals surface area (Å²) in [5.41, 5.74) is 4.16. The average Bonchev–Trinajstić information content (AvgIpc) is 2.75. The number of hydrogen-bond acceptors (Lipinski definition) is 4. The van der Waals surface area contributed by atoms with E-state index in [-0.39, 0.29) is 10.8 Å². The molecule has 0 fully saturated rings. The minimum absolute atomic E-state index is 0.127. The van der Waals surface area contributed by atoms with Gasteiger partial charge >= 0.3 is 0 Å². The Morgan fingerprint density at radius 2 is 1.53 bits per heavy atom. The molecule has 0 aliphatic heterocycles. The lowest BCUT2D eigenvalue weighted by Crippen LogP contribution is -2.15. The minimum Gasteiger partial charge on any atom is -0.494 e. The summed E-state index contributed by atoms with van der Waals surface area (Å²) in [5.74, 6) is 0.628. The van der Waals surface area contributed by atoms with Crippen molar-refractivity contribution in [2.45, 2.75) is 38.5 Å². The molecule has 0 atom stereocenters. The van der Waals surface area contributed by atoms with Gasteiger partial charge < -0.3 is 10.1 Å². The zero-order valence-electron chi connectivity index (χ0n) is 18.5. The maximum absolute atomic E-state index is 12.7. The Morgan fingerprint density at radius 3 is 2.19 bits per heavy atom. The summed E-state index contributed by atoms with van der Waals surface area (Å²) in [5, 5.41) is 2.78. The van der Waals surface area contributed by atoms with Crippen LogP contribution < -0.4 is 14.8 Å². The smallest absolute Gasteiger partial charge is 0.261 e. The molecule has 0 aromatic heterocycles. The molecule has 1 amide bonds. The first-order valence-corrected chi connectivity index (χ1v) is 11.9. The lowest BCUT2D eigenvalue weighted by Gasteiger charge is -2.12. The van der Waals surface area contributed by atoms with Crippen molar-refractivity contribution in [1.82, 2.24) is 0 Å². The second-order valence-electron chi connectivity index (χ2n) is 7.76. The predicted octanol–water partition coefficient (Wildman–Crippen LogP) is 5.21. The summed E-state index contributed by atoms with van der Waals surface area (Å²) in [6, 6.07) is 19.4. The number of carbonyl (C=O) groups excluding carboxylic acids is 1. The number of aryl methyl sites for hydroxylation is 3. The quantitative estimate of drug-likeness (QED) is 0.437. The summed E-state index contributed by atoms with van der Waals surface area (Å²) in [6.45, 7) is 6.26. The van der Waals surface area contributed by atoms with Gasteiger partial charge in [-0.1, -0.05) is 35.4 Å². The van der Waals surface area contributed by atoms with Crippen LogP contribution in [0.25, 0.3) is 0 Å². The van der Waals surface area contributed by atoms with E-state index in [2.05, 4.69) is 10.0 Å². The number of benzene rings is 3. The van der Waals surface area contributed by atoms with E-state index >= 15 is 0 Å². The van der Waals surface area contributed by atoms with Crippen LogP contribution in [0.3, 0.4) is 0 Å². The van der Waals surface area contributed by atoms with Crippen LogP contribution in [0, 0.1) is 20.8 Å². The normalized spacial score (nSPS) is 11.1. The van der Waals surface area contributed by atoms with Crippen LogP contribution in [-0.2, 0) is 14.8 Å². The number of carbonyl (C=O) groups is 1. The molecule has 0 radical (unpaired) electrons. The monoisotopic (exact) mass is 452 g/mol. The molecule has 0 saturated heterocycles. The maximum atomic E-state index is 12.7. The first kappa shape index (κ1) is 23.3. The van der Waals surface area contributed by atoms with Crippen molar-refractivity contribution in [3.05, 3.63) is 83.4 Å². The van der Waals surface area contributed by atoms with Crippen LogP contribution in [-0.4, -0.2) is 20.9 Å². The summed E-state index contributed by atoms with van der Waals surface area (Å²) < 4.78 is 33.6. The van der Waals surface area contributed by atoms with Gasteiger partial charge in [-0.2, -0.15) is 0 Å². The van der Waals surface area contributed by atoms with Gasteiger partial charge in [-0.3, -0.25) is 9.52 Å². The first-order valence-electron chi connectivity index (χ1n) is 10.4. The highest BCUT2D eigenvalue weighted by atomic mass is 32.2. The molecule has 32 heavy (non-hydrogen) atoms. The fraction of sp³-hybridized carbons (Fsp3) is 0.240. The molecule has 0 heterocycles. The van der Waals surface area contributed by atoms with E-state index in [1.165, 1.54) is 12.1 Å². The van der Waals surface area contributed by atoms with E-state index in [4.69, 9.17) is 4.74 Å². The third-order valence-electron chi connectivity index (χ3n) is 4.91. The van der Waals surface area contributed by atoms with Gasteiger partial charge in [-0.05, 0) is 75.2 Å². The number of nitrogens with one attached hydrogen (secondary N) is 2. The van der Waals surface area contributed by atoms with Crippen molar-refractivity contribution in [3.63, 3.8) is 0 Å². The lowest BCUT2D eigenvalue weighted by molar-refractivity contribution is -0.116. The first-order chi connectivity index (χ1) is 15.2. The summed E-state index contributed by atoms with van der Waals surface area (Å²) in [7, 11) is -3.72. The molecule has 0 bridgehead atoms. The van der Waals surface area contributed by atoms with Crippen molar-refractivity contribution in [1.29, 1.82) is 0 Å². The van der Waals surface area contributed by atoms with Crippen LogP contribution in [0.2, 0.25) is 0 Å². The van der Waals surface area contributed by atoms with Gasteiger partial charge in [0, 0.05) is 12.1 Å². The summed E-state index contributed by atoms with van der Waals surface area (Å²) in [4.78, 5) is 12.3. The Balaban J connectivity index is 1.49. The maximum Gasteiger partial charge on any atom is 0.261 e. The molecule has 168 valence electrons. The van der Waals surface area contributed by atoms with E-state index in [0.717, 1.165) is 22.4 Å². The second kappa shape index (κ2) is 10.3. The fourth-order valence-electron chi connectivity index (χ4n) is 3.13. The summed E-state index contributed by atoms with van der Waals surface area (Å²) >= 11 is 0. The fourth-order valence-corrected chi connectivity index (χ4v) is 4.26. The van der Waals surface area contributed by atoms with E-state index in [1.807, 2.05) is 57.2 Å². The SMILES string of the molecule is Cc1ccc(OCCCC(=O)Nc2ccc(S(=O)(=O)Nc3ccc(C)cc3C)cc2)cc1. The lowest BCUT2D eigenvalue weighted by atomic mass is 10.1. The largest absolute Gasteiger partial charge is 0.494 e. The molecule has 0 spiro atoms. The Hall–Kier alpha value is -3.32. The Bertz CT molecular complexity index is 1170. The number of anilines is 2. The molecule has 7 heteroatoms. The van der Waals surface area contributed by atoms with Crippen molar-refractivity contribution in [3.8, 4) is 5.75 Å². The van der Waals surface area contributed by atoms with Crippen LogP contribution in [0.4, 0.5) is 11.4 Å². The van der Waals surface area contributed by atoms with E-state index < -0.39 is 10.0 Å². The number of rotatable bonds is 9. The van der Waals surface area contributed by atoms with E-state index in [1.54, 1.807) is 18.2 Å². The minimum atomic E-state index is -3.72. The third-order valence-corrected chi connectivity index (χ3v) is 6.29. The summed E-state index contributed by atoms with van der Waals surface area (Å²) in [6.07, 6.45) is 0.881. The molecule has 0 aliphatic carbocycles. The standard InChI is InChI=1S/C25H28N2O4S/c1-18-6-11-22(12-7-18)31-16-4-5-25(28)26-21-9-13-23(14-10-21)32(29,30)27-24-15-8-19(2)17-20(24)3/h6-15,17,27H,4-5,16H2,1-3H3,(H,26,28). The van der Waals surface area contributed by atoms with Crippen LogP contribution in [0.15, 0.2) is 71.6 Å². The van der Waals surface area contributed by atoms with Crippen LogP contribution in [0.5, 0.6) is 5.75 Å². The van der Waals surface area contributed by atoms with Crippen LogP contribution in [0.1, 0.15) is 29.5 Å². The molecular formula is C25H28N2O4S. The molecule has 0 saturated carbocycles. The zero-order valence-corrected chi connectivity index (χ0v) is 19.3. The molecule has 3 rings (SSSR count). The van der Waals surface area contributed by atoms with E-state index in [0.29, 0.717) is 30.8 Å². The number of amides is 1. The van der Waals surface area contributed by atoms with Gasteiger partial charge in [0.15, 0.2) is 0 Å². The van der Waals surface area contributed by atoms with Gasteiger partial charge in [0.25, 0.3) is 10.0 Å². The number of hydrogen-bond donors (Lipinski definition) is 2. The number of ether oxygens (including phenoxy) is 1. The van der Waals surface area contributed by atoms with Crippen molar-refractivity contribution >= 4 is 27.3 Å². The van der Waals surface area contributed by atoms with Gasteiger partial charge in [0.2, 0.25) is 5.91 Å². The van der Waals surface area contributed by atoms with Gasteiger partial charge in [-0.15, -0.1) is 0 Å². The molecule has 2 N–H and O–H groups in total. The highest BCUT2D eigenvalue weighted by Crippen LogP contribution is 2.22. The molecular weight excluding hydrogens is 424 g/mol. The average molecular weight is 453 g/mol. The molecule has 6 nitrogen and oxygen atoms in total. The highest BCUT2D eigenvalue weighted by Gasteiger charge is 2.15. The molecule has 0 unspecified atom stereocenters. The predicted molar refractivity (Wildman–Crippen MR) is 128 cm³/mol. The van der Waals surface area contributed by atoms with Gasteiger partial charge in [0.1, 0.15) is 5.75 Å². The van der Waals surface area contributed by atoms with Gasteiger partial charge in [0.05, 0.1) is 17.2 Å². The van der Waals surface area contributed by atoms with Gasteiger partial charge in [-0.25, -0.2) is 8.42 Å². The highest BCUT2D eigenvalue weighted by molar-refractivity contribution is 7.92. The van der Waals surface area contributed by atoms with Crippen molar-refractivity contribution < 1.29 is 17.9 Å². The topological polar surface area (TPSA) is 84.5 Å². The molecule has 3 aromatic carbocycles.